The van der Waals surface area contributed by atoms with Gasteiger partial charge < -0.3 is 0 Å². The fourth-order valence-corrected chi connectivity index (χ4v) is 5.46. The van der Waals surface area contributed by atoms with Crippen LogP contribution < -0.4 is 0 Å². The van der Waals surface area contributed by atoms with E-state index in [9.17, 15) is 4.39 Å². The first-order chi connectivity index (χ1) is 9.59. The summed E-state index contributed by atoms with van der Waals surface area (Å²) in [5, 5.41) is 0. The summed E-state index contributed by atoms with van der Waals surface area (Å²) >= 11 is 0. The molecule has 0 saturated heterocycles. The zero-order valence-corrected chi connectivity index (χ0v) is 12.3. The van der Waals surface area contributed by atoms with E-state index in [0.717, 1.165) is 18.3 Å². The zero-order valence-electron chi connectivity index (χ0n) is 12.3. The Bertz CT molecular complexity index is 573. The van der Waals surface area contributed by atoms with Crippen LogP contribution in [-0.4, -0.2) is 0 Å². The fourth-order valence-electron chi connectivity index (χ4n) is 5.46. The Morgan fingerprint density at radius 2 is 2.05 bits per heavy atom. The van der Waals surface area contributed by atoms with Crippen LogP contribution in [0.15, 0.2) is 30.4 Å². The number of aryl methyl sites for hydroxylation is 1. The minimum absolute atomic E-state index is 0.0721. The molecule has 0 spiro atoms. The highest BCUT2D eigenvalue weighted by atomic mass is 18.2. The van der Waals surface area contributed by atoms with Gasteiger partial charge in [-0.2, -0.15) is 0 Å². The normalized spacial score (nSPS) is 39.1. The Kier molecular flexibility index (Phi) is 2.64. The average Bonchev–Trinajstić information content (AvgIpc) is 2.74. The molecule has 0 N–H and O–H groups in total. The molecule has 0 radical (unpaired) electrons. The van der Waals surface area contributed by atoms with Gasteiger partial charge in [0, 0.05) is 0 Å². The van der Waals surface area contributed by atoms with Crippen LogP contribution in [0.4, 0.5) is 4.39 Å². The predicted molar refractivity (Wildman–Crippen MR) is 80.2 cm³/mol. The van der Waals surface area contributed by atoms with Crippen LogP contribution in [0, 0.1) is 23.1 Å². The van der Waals surface area contributed by atoms with E-state index in [4.69, 9.17) is 0 Å². The molecule has 0 bridgehead atoms. The van der Waals surface area contributed by atoms with Crippen molar-refractivity contribution in [2.75, 3.05) is 0 Å². The number of allylic oxidation sites excluding steroid dienone is 1. The van der Waals surface area contributed by atoms with Crippen molar-refractivity contribution in [1.82, 2.24) is 0 Å². The first-order valence-corrected chi connectivity index (χ1v) is 8.06. The monoisotopic (exact) mass is 269 g/mol. The Hall–Kier alpha value is -1.11. The van der Waals surface area contributed by atoms with Crippen LogP contribution in [0.25, 0.3) is 0 Å². The first-order valence-electron chi connectivity index (χ1n) is 8.06. The van der Waals surface area contributed by atoms with Gasteiger partial charge in [0.15, 0.2) is 0 Å². The van der Waals surface area contributed by atoms with Crippen LogP contribution in [0.3, 0.4) is 0 Å². The third-order valence-electron chi connectivity index (χ3n) is 6.64. The lowest BCUT2D eigenvalue weighted by atomic mass is 9.55. The summed E-state index contributed by atoms with van der Waals surface area (Å²) < 4.78 is 13.4. The van der Waals surface area contributed by atoms with Crippen molar-refractivity contribution in [1.29, 1.82) is 0 Å². The maximum absolute atomic E-state index is 13.4. The standard InChI is InChI=1S/C19H23F/c1-12-3-8-18-17-6-4-13-11-14(20)5-7-15(13)16(17)9-10-19(12,18)2/h5,7,11,16-18H,1,3-4,6,8-10H2,2H3/t16-,17-,18+,19-/m1/s1/i20-1. The molecule has 4 rings (SSSR count). The van der Waals surface area contributed by atoms with E-state index >= 15 is 0 Å². The van der Waals surface area contributed by atoms with Crippen LogP contribution in [0.2, 0.25) is 0 Å². The zero-order chi connectivity index (χ0) is 13.9. The highest BCUT2D eigenvalue weighted by Crippen LogP contribution is 2.62. The molecule has 0 heterocycles. The van der Waals surface area contributed by atoms with Gasteiger partial charge in [0.1, 0.15) is 5.82 Å². The minimum atomic E-state index is -0.0721. The number of hydrogen-bond acceptors (Lipinski definition) is 0. The maximum Gasteiger partial charge on any atom is 0.123 e. The van der Waals surface area contributed by atoms with Gasteiger partial charge >= 0.3 is 0 Å². The van der Waals surface area contributed by atoms with E-state index in [1.807, 2.05) is 0 Å². The molecule has 1 heteroatoms. The summed E-state index contributed by atoms with van der Waals surface area (Å²) in [6.45, 7) is 6.80. The molecule has 1 aromatic rings. The van der Waals surface area contributed by atoms with E-state index in [-0.39, 0.29) is 5.82 Å². The van der Waals surface area contributed by atoms with E-state index in [1.165, 1.54) is 48.8 Å². The lowest BCUT2D eigenvalue weighted by Crippen LogP contribution is -2.40. The largest absolute Gasteiger partial charge is 0.207 e. The molecule has 4 atom stereocenters. The van der Waals surface area contributed by atoms with Gasteiger partial charge in [0.25, 0.3) is 0 Å². The van der Waals surface area contributed by atoms with Crippen molar-refractivity contribution in [3.8, 4) is 0 Å². The molecule has 0 nitrogen and oxygen atoms in total. The van der Waals surface area contributed by atoms with Crippen molar-refractivity contribution in [3.05, 3.63) is 47.3 Å². The second-order valence-corrected chi connectivity index (χ2v) is 7.36. The molecule has 20 heavy (non-hydrogen) atoms. The van der Waals surface area contributed by atoms with Crippen molar-refractivity contribution in [2.45, 2.75) is 51.4 Å². The van der Waals surface area contributed by atoms with E-state index in [2.05, 4.69) is 19.6 Å². The number of benzene rings is 1. The van der Waals surface area contributed by atoms with E-state index < -0.39 is 0 Å². The summed E-state index contributed by atoms with van der Waals surface area (Å²) in [6, 6.07) is 5.49. The Morgan fingerprint density at radius 3 is 2.90 bits per heavy atom. The van der Waals surface area contributed by atoms with Crippen LogP contribution in [0.1, 0.15) is 56.1 Å². The molecule has 0 aromatic heterocycles. The van der Waals surface area contributed by atoms with Gasteiger partial charge in [-0.15, -0.1) is 0 Å². The summed E-state index contributed by atoms with van der Waals surface area (Å²) in [6.07, 6.45) is 7.39. The highest BCUT2D eigenvalue weighted by molar-refractivity contribution is 5.36. The second kappa shape index (κ2) is 4.19. The van der Waals surface area contributed by atoms with Gasteiger partial charge in [0.05, 0.1) is 0 Å². The minimum Gasteiger partial charge on any atom is -0.207 e. The van der Waals surface area contributed by atoms with Gasteiger partial charge in [-0.1, -0.05) is 25.1 Å². The summed E-state index contributed by atoms with van der Waals surface area (Å²) in [5.41, 5.74) is 4.60. The number of fused-ring (bicyclic) bond motifs is 5. The molecule has 1 aromatic carbocycles. The first kappa shape index (κ1) is 12.6. The summed E-state index contributed by atoms with van der Waals surface area (Å²) in [4.78, 5) is 0. The fraction of sp³-hybridized carbons (Fsp3) is 0.579. The van der Waals surface area contributed by atoms with Crippen molar-refractivity contribution in [3.63, 3.8) is 0 Å². The van der Waals surface area contributed by atoms with Crippen LogP contribution >= 0.6 is 0 Å². The van der Waals surface area contributed by atoms with Crippen LogP contribution in [-0.2, 0) is 6.42 Å². The third kappa shape index (κ3) is 1.58. The van der Waals surface area contributed by atoms with Gasteiger partial charge in [0.2, 0.25) is 0 Å². The van der Waals surface area contributed by atoms with E-state index in [1.54, 1.807) is 12.1 Å². The third-order valence-corrected chi connectivity index (χ3v) is 6.64. The molecule has 3 aliphatic carbocycles. The number of hydrogen-bond donors (Lipinski definition) is 0. The SMILES string of the molecule is C=C1CC[C@H]2[C@@H]3CCc4cc([18F])ccc4[C@H]3CC[C@]12C. The average molecular weight is 269 g/mol. The number of rotatable bonds is 0. The maximum atomic E-state index is 13.4. The quantitative estimate of drug-likeness (QED) is 0.565. The van der Waals surface area contributed by atoms with Crippen LogP contribution in [0.5, 0.6) is 0 Å². The Morgan fingerprint density at radius 1 is 1.20 bits per heavy atom. The highest BCUT2D eigenvalue weighted by Gasteiger charge is 2.51. The molecular weight excluding hydrogens is 246 g/mol. The van der Waals surface area contributed by atoms with Gasteiger partial charge in [-0.25, -0.2) is 4.39 Å². The molecule has 2 saturated carbocycles. The van der Waals surface area contributed by atoms with Gasteiger partial charge in [-0.3, -0.25) is 0 Å². The topological polar surface area (TPSA) is 0 Å². The van der Waals surface area contributed by atoms with Crippen molar-refractivity contribution < 1.29 is 4.39 Å². The lowest BCUT2D eigenvalue weighted by molar-refractivity contribution is 0.0816. The number of halogens is 1. The Balaban J connectivity index is 1.73. The molecule has 0 unspecified atom stereocenters. The summed E-state index contributed by atoms with van der Waals surface area (Å²) in [5.74, 6) is 2.21. The lowest BCUT2D eigenvalue weighted by Gasteiger charge is -2.49. The second-order valence-electron chi connectivity index (χ2n) is 7.36. The predicted octanol–water partition coefficient (Wildman–Crippen LogP) is 5.24. The molecule has 0 amide bonds. The summed E-state index contributed by atoms with van der Waals surface area (Å²) in [7, 11) is 0. The smallest absolute Gasteiger partial charge is 0.123 e. The molecule has 3 aliphatic rings. The molecule has 106 valence electrons. The molecule has 2 fully saturated rings. The van der Waals surface area contributed by atoms with Crippen molar-refractivity contribution in [2.24, 2.45) is 17.3 Å². The van der Waals surface area contributed by atoms with Gasteiger partial charge in [-0.05, 0) is 85.0 Å². The Labute approximate surface area is 121 Å². The molecular formula is C19H23F. The molecule has 0 aliphatic heterocycles. The van der Waals surface area contributed by atoms with Crippen molar-refractivity contribution >= 4 is 0 Å². The van der Waals surface area contributed by atoms with E-state index in [0.29, 0.717) is 11.3 Å².